The summed E-state index contributed by atoms with van der Waals surface area (Å²) < 4.78 is 13.0. The van der Waals surface area contributed by atoms with E-state index in [4.69, 9.17) is 21.7 Å². The Hall–Kier alpha value is -2.41. The molecule has 33 heavy (non-hydrogen) atoms. The van der Waals surface area contributed by atoms with Crippen molar-refractivity contribution in [1.29, 1.82) is 0 Å². The molecule has 0 N–H and O–H groups in total. The van der Waals surface area contributed by atoms with Crippen LogP contribution in [-0.4, -0.2) is 47.6 Å². The molecule has 1 aliphatic heterocycles. The van der Waals surface area contributed by atoms with Crippen LogP contribution < -0.4 is 9.47 Å². The Kier molecular flexibility index (Phi) is 8.37. The van der Waals surface area contributed by atoms with Crippen molar-refractivity contribution in [1.82, 2.24) is 9.80 Å². The number of thiocarbonyl (C=S) groups is 1. The first-order valence-corrected chi connectivity index (χ1v) is 12.5. The fourth-order valence-electron chi connectivity index (χ4n) is 3.90. The monoisotopic (exact) mass is 524 g/mol. The topological polar surface area (TPSA) is 24.9 Å². The summed E-state index contributed by atoms with van der Waals surface area (Å²) in [6.07, 6.45) is 0. The van der Waals surface area contributed by atoms with Crippen LogP contribution in [0.5, 0.6) is 11.5 Å². The summed E-state index contributed by atoms with van der Waals surface area (Å²) >= 11 is 9.32. The summed E-state index contributed by atoms with van der Waals surface area (Å²) in [7, 11) is 0. The van der Waals surface area contributed by atoms with Gasteiger partial charge in [-0.25, -0.2) is 0 Å². The zero-order valence-corrected chi connectivity index (χ0v) is 21.3. The molecule has 1 fully saturated rings. The first-order chi connectivity index (χ1) is 16.1. The summed E-state index contributed by atoms with van der Waals surface area (Å²) in [4.78, 5) is 5.65. The Morgan fingerprint density at radius 3 is 2.27 bits per heavy atom. The van der Waals surface area contributed by atoms with Crippen molar-refractivity contribution in [3.63, 3.8) is 0 Å². The molecule has 0 unspecified atom stereocenters. The van der Waals surface area contributed by atoms with E-state index in [-0.39, 0.29) is 0 Å². The number of piperazine rings is 1. The van der Waals surface area contributed by atoms with Crippen LogP contribution in [0.2, 0.25) is 0 Å². The summed E-state index contributed by atoms with van der Waals surface area (Å²) in [6.45, 7) is 7.89. The van der Waals surface area contributed by atoms with Gasteiger partial charge in [-0.1, -0.05) is 70.6 Å². The van der Waals surface area contributed by atoms with Crippen LogP contribution >= 0.6 is 28.1 Å². The van der Waals surface area contributed by atoms with Crippen molar-refractivity contribution in [3.8, 4) is 11.5 Å². The van der Waals surface area contributed by atoms with E-state index in [0.29, 0.717) is 13.2 Å². The van der Waals surface area contributed by atoms with Gasteiger partial charge >= 0.3 is 0 Å². The summed E-state index contributed by atoms with van der Waals surface area (Å²) in [5.74, 6) is 1.47. The molecule has 1 aliphatic rings. The molecule has 0 aromatic heterocycles. The third kappa shape index (κ3) is 6.56. The summed E-state index contributed by atoms with van der Waals surface area (Å²) in [5, 5.41) is 0. The maximum absolute atomic E-state index is 6.06. The molecule has 4 nitrogen and oxygen atoms in total. The normalized spacial score (nSPS) is 14.2. The van der Waals surface area contributed by atoms with Gasteiger partial charge in [-0.05, 0) is 48.4 Å². The van der Waals surface area contributed by atoms with E-state index in [1.165, 1.54) is 5.56 Å². The zero-order chi connectivity index (χ0) is 23.0. The molecule has 0 amide bonds. The van der Waals surface area contributed by atoms with Crippen molar-refractivity contribution < 1.29 is 9.47 Å². The number of nitrogens with zero attached hydrogens (tertiary/aromatic N) is 2. The second-order valence-corrected chi connectivity index (χ2v) is 9.37. The number of rotatable bonds is 8. The molecule has 0 spiro atoms. The van der Waals surface area contributed by atoms with Crippen molar-refractivity contribution in [2.24, 2.45) is 0 Å². The van der Waals surface area contributed by atoms with Crippen LogP contribution in [0, 0.1) is 0 Å². The maximum Gasteiger partial charge on any atom is 0.161 e. The number of ether oxygens (including phenoxy) is 2. The molecule has 0 bridgehead atoms. The molecule has 0 radical (unpaired) electrons. The van der Waals surface area contributed by atoms with E-state index in [9.17, 15) is 0 Å². The molecular formula is C27H29BrN2O2S. The lowest BCUT2D eigenvalue weighted by atomic mass is 10.1. The number of hydrogen-bond donors (Lipinski definition) is 0. The van der Waals surface area contributed by atoms with Gasteiger partial charge in [-0.3, -0.25) is 4.90 Å². The number of benzene rings is 3. The molecular weight excluding hydrogens is 496 g/mol. The Morgan fingerprint density at radius 2 is 1.58 bits per heavy atom. The molecule has 4 rings (SSSR count). The van der Waals surface area contributed by atoms with E-state index in [0.717, 1.165) is 64.8 Å². The molecule has 1 saturated heterocycles. The fourth-order valence-corrected chi connectivity index (χ4v) is 4.48. The highest BCUT2D eigenvalue weighted by Crippen LogP contribution is 2.30. The molecule has 0 aliphatic carbocycles. The molecule has 1 heterocycles. The van der Waals surface area contributed by atoms with E-state index < -0.39 is 0 Å². The average Bonchev–Trinajstić information content (AvgIpc) is 2.85. The predicted molar refractivity (Wildman–Crippen MR) is 141 cm³/mol. The van der Waals surface area contributed by atoms with Gasteiger partial charge in [0, 0.05) is 42.8 Å². The minimum atomic E-state index is 0.487. The van der Waals surface area contributed by atoms with Crippen LogP contribution in [-0.2, 0) is 13.2 Å². The van der Waals surface area contributed by atoms with Gasteiger partial charge in [0.15, 0.2) is 11.5 Å². The molecule has 3 aromatic carbocycles. The van der Waals surface area contributed by atoms with Gasteiger partial charge in [0.2, 0.25) is 0 Å². The average molecular weight is 526 g/mol. The lowest BCUT2D eigenvalue weighted by Gasteiger charge is -2.36. The van der Waals surface area contributed by atoms with E-state index >= 15 is 0 Å². The first-order valence-electron chi connectivity index (χ1n) is 11.3. The van der Waals surface area contributed by atoms with Crippen molar-refractivity contribution >= 4 is 33.1 Å². The number of halogens is 1. The third-order valence-corrected chi connectivity index (χ3v) is 6.73. The van der Waals surface area contributed by atoms with Crippen molar-refractivity contribution in [2.75, 3.05) is 32.8 Å². The first kappa shape index (κ1) is 23.7. The lowest BCUT2D eigenvalue weighted by molar-refractivity contribution is 0.177. The van der Waals surface area contributed by atoms with Crippen LogP contribution in [0.25, 0.3) is 0 Å². The zero-order valence-electron chi connectivity index (χ0n) is 18.9. The summed E-state index contributed by atoms with van der Waals surface area (Å²) in [5.41, 5.74) is 3.46. The highest BCUT2D eigenvalue weighted by atomic mass is 79.9. The lowest BCUT2D eigenvalue weighted by Crippen LogP contribution is -2.48. The molecule has 0 atom stereocenters. The predicted octanol–water partition coefficient (Wildman–Crippen LogP) is 5.92. The van der Waals surface area contributed by atoms with Gasteiger partial charge in [-0.2, -0.15) is 0 Å². The van der Waals surface area contributed by atoms with Gasteiger partial charge in [0.1, 0.15) is 11.6 Å². The minimum absolute atomic E-state index is 0.487. The summed E-state index contributed by atoms with van der Waals surface area (Å²) in [6, 6.07) is 24.8. The van der Waals surface area contributed by atoms with Crippen LogP contribution in [0.1, 0.15) is 23.6 Å². The largest absolute Gasteiger partial charge is 0.490 e. The smallest absolute Gasteiger partial charge is 0.161 e. The van der Waals surface area contributed by atoms with E-state index in [2.05, 4.69) is 56.1 Å². The Morgan fingerprint density at radius 1 is 0.848 bits per heavy atom. The minimum Gasteiger partial charge on any atom is -0.490 e. The second kappa shape index (κ2) is 11.6. The molecule has 3 aromatic rings. The van der Waals surface area contributed by atoms with Gasteiger partial charge in [-0.15, -0.1) is 0 Å². The SMILES string of the molecule is CCOc1cc(C(=S)N2CCN(Cc3ccccc3)CC2)ccc1OCc1ccc(Br)cc1. The van der Waals surface area contributed by atoms with Gasteiger partial charge < -0.3 is 14.4 Å². The van der Waals surface area contributed by atoms with Crippen molar-refractivity contribution in [2.45, 2.75) is 20.1 Å². The Balaban J connectivity index is 1.37. The van der Waals surface area contributed by atoms with E-state index in [1.54, 1.807) is 0 Å². The Labute approximate surface area is 210 Å². The van der Waals surface area contributed by atoms with Crippen LogP contribution in [0.4, 0.5) is 0 Å². The quantitative estimate of drug-likeness (QED) is 0.340. The van der Waals surface area contributed by atoms with E-state index in [1.807, 2.05) is 49.4 Å². The molecule has 0 saturated carbocycles. The maximum atomic E-state index is 6.06. The van der Waals surface area contributed by atoms with Crippen molar-refractivity contribution in [3.05, 3.63) is 94.0 Å². The van der Waals surface area contributed by atoms with Crippen LogP contribution in [0.3, 0.4) is 0 Å². The second-order valence-electron chi connectivity index (χ2n) is 8.06. The van der Waals surface area contributed by atoms with Crippen LogP contribution in [0.15, 0.2) is 77.3 Å². The molecule has 6 heteroatoms. The third-order valence-electron chi connectivity index (χ3n) is 5.71. The highest BCUT2D eigenvalue weighted by Gasteiger charge is 2.21. The highest BCUT2D eigenvalue weighted by molar-refractivity contribution is 9.10. The fraction of sp³-hybridized carbons (Fsp3) is 0.296. The molecule has 172 valence electrons. The standard InChI is InChI=1S/C27H29BrN2O2S/c1-2-31-26-18-23(10-13-25(26)32-20-22-8-11-24(28)12-9-22)27(33)30-16-14-29(15-17-30)19-21-6-4-3-5-7-21/h3-13,18H,2,14-17,19-20H2,1H3. The number of hydrogen-bond acceptors (Lipinski definition) is 4. The van der Waals surface area contributed by atoms with Gasteiger partial charge in [0.05, 0.1) is 6.61 Å². The van der Waals surface area contributed by atoms with Gasteiger partial charge in [0.25, 0.3) is 0 Å². The Bertz CT molecular complexity index is 1050.